The van der Waals surface area contributed by atoms with E-state index in [4.69, 9.17) is 4.42 Å². The molecule has 1 aromatic carbocycles. The van der Waals surface area contributed by atoms with E-state index < -0.39 is 6.04 Å². The molecule has 1 unspecified atom stereocenters. The van der Waals surface area contributed by atoms with Gasteiger partial charge in [0.1, 0.15) is 6.04 Å². The highest BCUT2D eigenvalue weighted by Gasteiger charge is 2.36. The lowest BCUT2D eigenvalue weighted by Gasteiger charge is -2.24. The fourth-order valence-corrected chi connectivity index (χ4v) is 3.45. The number of carbonyl (C=O) groups excluding carboxylic acids is 3. The molecule has 1 aliphatic heterocycles. The van der Waals surface area contributed by atoms with E-state index >= 15 is 0 Å². The Hall–Kier alpha value is -3.09. The van der Waals surface area contributed by atoms with Crippen LogP contribution in [0.3, 0.4) is 0 Å². The van der Waals surface area contributed by atoms with Gasteiger partial charge >= 0.3 is 0 Å². The lowest BCUT2D eigenvalue weighted by Crippen LogP contribution is -2.46. The largest absolute Gasteiger partial charge is 0.459 e. The molecule has 0 spiro atoms. The van der Waals surface area contributed by atoms with Crippen LogP contribution in [0, 0.1) is 6.92 Å². The van der Waals surface area contributed by atoms with Gasteiger partial charge in [-0.1, -0.05) is 6.07 Å². The molecule has 2 aliphatic rings. The van der Waals surface area contributed by atoms with E-state index in [-0.39, 0.29) is 29.5 Å². The lowest BCUT2D eigenvalue weighted by atomic mass is 10.1. The summed E-state index contributed by atoms with van der Waals surface area (Å²) >= 11 is 0. The van der Waals surface area contributed by atoms with Gasteiger partial charge in [0.2, 0.25) is 5.91 Å². The zero-order valence-electron chi connectivity index (χ0n) is 15.7. The Morgan fingerprint density at radius 1 is 1.14 bits per heavy atom. The van der Waals surface area contributed by atoms with Crippen LogP contribution in [0.5, 0.6) is 0 Å². The van der Waals surface area contributed by atoms with Gasteiger partial charge in [0.05, 0.1) is 6.26 Å². The second-order valence-electron chi connectivity index (χ2n) is 7.40. The van der Waals surface area contributed by atoms with E-state index in [0.29, 0.717) is 24.2 Å². The van der Waals surface area contributed by atoms with Crippen molar-refractivity contribution in [1.82, 2.24) is 10.2 Å². The Morgan fingerprint density at radius 3 is 2.68 bits per heavy atom. The molecule has 0 bridgehead atoms. The quantitative estimate of drug-likeness (QED) is 0.833. The molecule has 2 aromatic rings. The zero-order chi connectivity index (χ0) is 19.7. The predicted molar refractivity (Wildman–Crippen MR) is 103 cm³/mol. The molecular formula is C21H23N3O4. The van der Waals surface area contributed by atoms with Crippen molar-refractivity contribution in [3.05, 3.63) is 53.5 Å². The number of nitrogens with zero attached hydrogens (tertiary/aromatic N) is 1. The predicted octanol–water partition coefficient (Wildman–Crippen LogP) is 2.72. The Balaban J connectivity index is 1.50. The third-order valence-corrected chi connectivity index (χ3v) is 5.22. The first-order chi connectivity index (χ1) is 13.5. The average molecular weight is 381 g/mol. The molecule has 4 rings (SSSR count). The number of carbonyl (C=O) groups is 3. The molecular weight excluding hydrogens is 358 g/mol. The number of nitrogens with one attached hydrogen (secondary N) is 2. The molecule has 2 fully saturated rings. The Morgan fingerprint density at radius 2 is 1.96 bits per heavy atom. The zero-order valence-corrected chi connectivity index (χ0v) is 15.7. The number of furan rings is 1. The SMILES string of the molecule is Cc1ccc(C(=O)N2CCCC2C(=O)NC2CC2)cc1NC(=O)c1ccco1. The normalized spacial score (nSPS) is 18.8. The first-order valence-electron chi connectivity index (χ1n) is 9.60. The average Bonchev–Trinajstić information content (AvgIpc) is 3.16. The third kappa shape index (κ3) is 3.78. The number of hydrogen-bond acceptors (Lipinski definition) is 4. The smallest absolute Gasteiger partial charge is 0.291 e. The van der Waals surface area contributed by atoms with Crippen LogP contribution >= 0.6 is 0 Å². The number of likely N-dealkylation sites (tertiary alicyclic amines) is 1. The highest BCUT2D eigenvalue weighted by molar-refractivity contribution is 6.04. The van der Waals surface area contributed by atoms with Gasteiger partial charge in [-0.2, -0.15) is 0 Å². The van der Waals surface area contributed by atoms with Gasteiger partial charge in [0.25, 0.3) is 11.8 Å². The molecule has 1 saturated heterocycles. The second kappa shape index (κ2) is 7.50. The number of hydrogen-bond donors (Lipinski definition) is 2. The molecule has 146 valence electrons. The molecule has 3 amide bonds. The standard InChI is InChI=1S/C21H23N3O4/c1-13-6-7-14(12-16(13)23-20(26)18-5-3-11-28-18)21(27)24-10-2-4-17(24)19(25)22-15-8-9-15/h3,5-7,11-12,15,17H,2,4,8-10H2,1H3,(H,22,25)(H,23,26). The van der Waals surface area contributed by atoms with E-state index in [1.165, 1.54) is 6.26 Å². The van der Waals surface area contributed by atoms with Crippen LogP contribution in [-0.4, -0.2) is 41.2 Å². The van der Waals surface area contributed by atoms with E-state index in [1.807, 2.05) is 6.92 Å². The lowest BCUT2D eigenvalue weighted by molar-refractivity contribution is -0.125. The summed E-state index contributed by atoms with van der Waals surface area (Å²) in [5, 5.41) is 5.78. The first-order valence-corrected chi connectivity index (χ1v) is 9.60. The summed E-state index contributed by atoms with van der Waals surface area (Å²) in [5.74, 6) is -0.429. The van der Waals surface area contributed by atoms with Crippen LogP contribution < -0.4 is 10.6 Å². The molecule has 1 aromatic heterocycles. The Kier molecular flexibility index (Phi) is 4.90. The van der Waals surface area contributed by atoms with Crippen LogP contribution in [0.1, 0.15) is 52.2 Å². The summed E-state index contributed by atoms with van der Waals surface area (Å²) in [7, 11) is 0. The van der Waals surface area contributed by atoms with Crippen molar-refractivity contribution >= 4 is 23.4 Å². The van der Waals surface area contributed by atoms with Crippen LogP contribution in [0.4, 0.5) is 5.69 Å². The van der Waals surface area contributed by atoms with Gasteiger partial charge in [0.15, 0.2) is 5.76 Å². The topological polar surface area (TPSA) is 91.7 Å². The fourth-order valence-electron chi connectivity index (χ4n) is 3.45. The minimum Gasteiger partial charge on any atom is -0.459 e. The molecule has 0 radical (unpaired) electrons. The Labute approximate surface area is 163 Å². The molecule has 2 N–H and O–H groups in total. The van der Waals surface area contributed by atoms with Gasteiger partial charge in [-0.15, -0.1) is 0 Å². The van der Waals surface area contributed by atoms with Crippen LogP contribution in [0.2, 0.25) is 0 Å². The molecule has 28 heavy (non-hydrogen) atoms. The van der Waals surface area contributed by atoms with Crippen molar-refractivity contribution in [1.29, 1.82) is 0 Å². The maximum absolute atomic E-state index is 13.1. The van der Waals surface area contributed by atoms with Gasteiger partial charge in [-0.05, 0) is 62.4 Å². The maximum atomic E-state index is 13.1. The summed E-state index contributed by atoms with van der Waals surface area (Å²) < 4.78 is 5.11. The van der Waals surface area contributed by atoms with Gasteiger partial charge in [-0.25, -0.2) is 0 Å². The number of benzene rings is 1. The van der Waals surface area contributed by atoms with Crippen molar-refractivity contribution < 1.29 is 18.8 Å². The monoisotopic (exact) mass is 381 g/mol. The van der Waals surface area contributed by atoms with Crippen LogP contribution in [0.25, 0.3) is 0 Å². The van der Waals surface area contributed by atoms with Gasteiger partial charge in [0, 0.05) is 23.8 Å². The van der Waals surface area contributed by atoms with E-state index in [9.17, 15) is 14.4 Å². The van der Waals surface area contributed by atoms with Crippen molar-refractivity contribution in [2.45, 2.75) is 44.7 Å². The summed E-state index contributed by atoms with van der Waals surface area (Å²) in [6.45, 7) is 2.41. The Bertz CT molecular complexity index is 902. The highest BCUT2D eigenvalue weighted by atomic mass is 16.3. The van der Waals surface area contributed by atoms with Crippen molar-refractivity contribution in [2.24, 2.45) is 0 Å². The van der Waals surface area contributed by atoms with Crippen molar-refractivity contribution in [2.75, 3.05) is 11.9 Å². The van der Waals surface area contributed by atoms with E-state index in [0.717, 1.165) is 24.8 Å². The molecule has 1 saturated carbocycles. The minimum atomic E-state index is -0.421. The molecule has 1 atom stereocenters. The van der Waals surface area contributed by atoms with Crippen LogP contribution in [0.15, 0.2) is 41.0 Å². The van der Waals surface area contributed by atoms with E-state index in [2.05, 4.69) is 10.6 Å². The minimum absolute atomic E-state index is 0.0631. The number of amides is 3. The number of aryl methyl sites for hydroxylation is 1. The summed E-state index contributed by atoms with van der Waals surface area (Å²) in [6.07, 6.45) is 4.95. The van der Waals surface area contributed by atoms with Crippen LogP contribution in [-0.2, 0) is 4.79 Å². The molecule has 7 heteroatoms. The summed E-state index contributed by atoms with van der Waals surface area (Å²) in [4.78, 5) is 39.4. The fraction of sp³-hybridized carbons (Fsp3) is 0.381. The first kappa shape index (κ1) is 18.3. The number of anilines is 1. The summed E-state index contributed by atoms with van der Waals surface area (Å²) in [5.41, 5.74) is 1.83. The second-order valence-corrected chi connectivity index (χ2v) is 7.40. The molecule has 2 heterocycles. The number of rotatable bonds is 5. The maximum Gasteiger partial charge on any atom is 0.291 e. The van der Waals surface area contributed by atoms with E-state index in [1.54, 1.807) is 35.2 Å². The van der Waals surface area contributed by atoms with Gasteiger partial charge in [-0.3, -0.25) is 14.4 Å². The van der Waals surface area contributed by atoms with Crippen molar-refractivity contribution in [3.8, 4) is 0 Å². The van der Waals surface area contributed by atoms with Crippen molar-refractivity contribution in [3.63, 3.8) is 0 Å². The highest BCUT2D eigenvalue weighted by Crippen LogP contribution is 2.25. The molecule has 7 nitrogen and oxygen atoms in total. The van der Waals surface area contributed by atoms with Gasteiger partial charge < -0.3 is 20.0 Å². The third-order valence-electron chi connectivity index (χ3n) is 5.22. The summed E-state index contributed by atoms with van der Waals surface area (Å²) in [6, 6.07) is 8.25. The molecule has 1 aliphatic carbocycles.